The molecule has 0 fully saturated rings. The number of anilines is 1. The van der Waals surface area contributed by atoms with Crippen molar-refractivity contribution in [2.75, 3.05) is 11.9 Å². The van der Waals surface area contributed by atoms with Gasteiger partial charge in [-0.3, -0.25) is 0 Å². The van der Waals surface area contributed by atoms with Gasteiger partial charge in [0.1, 0.15) is 0 Å². The Kier molecular flexibility index (Phi) is 3.31. The second-order valence-corrected chi connectivity index (χ2v) is 4.02. The Hall–Kier alpha value is -1.55. The van der Waals surface area contributed by atoms with Crippen molar-refractivity contribution >= 4 is 11.7 Å². The Balaban J connectivity index is 2.81. The number of benzene rings is 1. The summed E-state index contributed by atoms with van der Waals surface area (Å²) in [5.74, 6) is -0.978. The summed E-state index contributed by atoms with van der Waals surface area (Å²) in [5, 5.41) is 21.3. The minimum atomic E-state index is -0.978. The van der Waals surface area contributed by atoms with Gasteiger partial charge in [0, 0.05) is 12.2 Å². The van der Waals surface area contributed by atoms with Gasteiger partial charge in [0.05, 0.1) is 11.2 Å². The smallest absolute Gasteiger partial charge is 0.337 e. The van der Waals surface area contributed by atoms with E-state index < -0.39 is 11.6 Å². The van der Waals surface area contributed by atoms with E-state index in [1.165, 1.54) is 6.07 Å². The lowest BCUT2D eigenvalue weighted by Crippen LogP contribution is -2.29. The van der Waals surface area contributed by atoms with Gasteiger partial charge in [-0.25, -0.2) is 4.79 Å². The van der Waals surface area contributed by atoms with Crippen molar-refractivity contribution in [1.29, 1.82) is 0 Å². The van der Waals surface area contributed by atoms with Crippen LogP contribution in [0, 0.1) is 0 Å². The van der Waals surface area contributed by atoms with Crippen LogP contribution in [0.2, 0.25) is 0 Å². The first-order valence-corrected chi connectivity index (χ1v) is 4.69. The van der Waals surface area contributed by atoms with Crippen LogP contribution in [-0.2, 0) is 0 Å². The van der Waals surface area contributed by atoms with Crippen LogP contribution in [0.3, 0.4) is 0 Å². The Bertz CT molecular complexity index is 355. The molecule has 0 spiro atoms. The SMILES string of the molecule is CC(C)(O)CNc1ccccc1C(=O)O. The fourth-order valence-electron chi connectivity index (χ4n) is 1.14. The number of aromatic carboxylic acids is 1. The minimum absolute atomic E-state index is 0.210. The number of carboxylic acids is 1. The van der Waals surface area contributed by atoms with Gasteiger partial charge in [-0.1, -0.05) is 12.1 Å². The molecule has 0 aliphatic heterocycles. The lowest BCUT2D eigenvalue weighted by molar-refractivity contribution is 0.0696. The number of para-hydroxylation sites is 1. The predicted octanol–water partition coefficient (Wildman–Crippen LogP) is 1.57. The molecule has 0 saturated heterocycles. The summed E-state index contributed by atoms with van der Waals surface area (Å²) in [7, 11) is 0. The topological polar surface area (TPSA) is 69.6 Å². The maximum Gasteiger partial charge on any atom is 0.337 e. The molecule has 0 aliphatic rings. The fraction of sp³-hybridized carbons (Fsp3) is 0.364. The van der Waals surface area contributed by atoms with Crippen LogP contribution in [0.25, 0.3) is 0 Å². The zero-order chi connectivity index (χ0) is 11.5. The molecule has 1 rings (SSSR count). The van der Waals surface area contributed by atoms with Crippen LogP contribution in [0.1, 0.15) is 24.2 Å². The van der Waals surface area contributed by atoms with Crippen LogP contribution >= 0.6 is 0 Å². The maximum absolute atomic E-state index is 10.8. The van der Waals surface area contributed by atoms with Crippen LogP contribution in [0.4, 0.5) is 5.69 Å². The molecule has 0 amide bonds. The third-order valence-corrected chi connectivity index (χ3v) is 1.87. The van der Waals surface area contributed by atoms with E-state index in [0.29, 0.717) is 12.2 Å². The molecule has 0 radical (unpaired) electrons. The monoisotopic (exact) mass is 209 g/mol. The van der Waals surface area contributed by atoms with Crippen molar-refractivity contribution < 1.29 is 15.0 Å². The highest BCUT2D eigenvalue weighted by atomic mass is 16.4. The van der Waals surface area contributed by atoms with E-state index in [9.17, 15) is 9.90 Å². The van der Waals surface area contributed by atoms with Crippen molar-refractivity contribution in [3.8, 4) is 0 Å². The highest BCUT2D eigenvalue weighted by Crippen LogP contribution is 2.15. The molecule has 0 saturated carbocycles. The summed E-state index contributed by atoms with van der Waals surface area (Å²) < 4.78 is 0. The first kappa shape index (κ1) is 11.5. The maximum atomic E-state index is 10.8. The normalized spacial score (nSPS) is 11.1. The highest BCUT2D eigenvalue weighted by Gasteiger charge is 2.14. The summed E-state index contributed by atoms with van der Waals surface area (Å²) in [5.41, 5.74) is -0.139. The van der Waals surface area contributed by atoms with Gasteiger partial charge in [-0.05, 0) is 26.0 Å². The van der Waals surface area contributed by atoms with Crippen LogP contribution in [0.5, 0.6) is 0 Å². The molecule has 0 bridgehead atoms. The van der Waals surface area contributed by atoms with Crippen molar-refractivity contribution in [3.63, 3.8) is 0 Å². The first-order valence-electron chi connectivity index (χ1n) is 4.69. The van der Waals surface area contributed by atoms with Crippen molar-refractivity contribution in [3.05, 3.63) is 29.8 Å². The molecule has 3 N–H and O–H groups in total. The number of rotatable bonds is 4. The third-order valence-electron chi connectivity index (χ3n) is 1.87. The molecule has 0 aromatic heterocycles. The molecule has 1 aromatic carbocycles. The number of aliphatic hydroxyl groups is 1. The number of carboxylic acid groups (broad SMARTS) is 1. The summed E-state index contributed by atoms with van der Waals surface area (Å²) in [6.07, 6.45) is 0. The van der Waals surface area contributed by atoms with E-state index >= 15 is 0 Å². The van der Waals surface area contributed by atoms with Gasteiger partial charge < -0.3 is 15.5 Å². The predicted molar refractivity (Wildman–Crippen MR) is 58.2 cm³/mol. The summed E-state index contributed by atoms with van der Waals surface area (Å²) in [6, 6.07) is 6.61. The van der Waals surface area contributed by atoms with E-state index in [1.54, 1.807) is 32.0 Å². The highest BCUT2D eigenvalue weighted by molar-refractivity contribution is 5.94. The number of hydrogen-bond acceptors (Lipinski definition) is 3. The quantitative estimate of drug-likeness (QED) is 0.704. The summed E-state index contributed by atoms with van der Waals surface area (Å²) >= 11 is 0. The Morgan fingerprint density at radius 2 is 2.00 bits per heavy atom. The van der Waals surface area contributed by atoms with Gasteiger partial charge in [0.15, 0.2) is 0 Å². The third kappa shape index (κ3) is 3.59. The lowest BCUT2D eigenvalue weighted by Gasteiger charge is -2.19. The number of hydrogen-bond donors (Lipinski definition) is 3. The molecule has 15 heavy (non-hydrogen) atoms. The molecule has 0 unspecified atom stereocenters. The average molecular weight is 209 g/mol. The van der Waals surface area contributed by atoms with Gasteiger partial charge in [0.25, 0.3) is 0 Å². The Labute approximate surface area is 88.6 Å². The standard InChI is InChI=1S/C11H15NO3/c1-11(2,15)7-12-9-6-4-3-5-8(9)10(13)14/h3-6,12,15H,7H2,1-2H3,(H,13,14). The second kappa shape index (κ2) is 4.31. The first-order chi connectivity index (χ1) is 6.90. The molecule has 4 nitrogen and oxygen atoms in total. The van der Waals surface area contributed by atoms with E-state index in [2.05, 4.69) is 5.32 Å². The number of nitrogens with one attached hydrogen (secondary N) is 1. The molecular weight excluding hydrogens is 194 g/mol. The number of carbonyl (C=O) groups is 1. The molecule has 0 atom stereocenters. The van der Waals surface area contributed by atoms with Crippen molar-refractivity contribution in [2.24, 2.45) is 0 Å². The second-order valence-electron chi connectivity index (χ2n) is 4.02. The van der Waals surface area contributed by atoms with Crippen molar-refractivity contribution in [2.45, 2.75) is 19.4 Å². The molecule has 1 aromatic rings. The lowest BCUT2D eigenvalue weighted by atomic mass is 10.1. The van der Waals surface area contributed by atoms with E-state index in [0.717, 1.165) is 0 Å². The van der Waals surface area contributed by atoms with Gasteiger partial charge >= 0.3 is 5.97 Å². The molecule has 4 heteroatoms. The van der Waals surface area contributed by atoms with Crippen molar-refractivity contribution in [1.82, 2.24) is 0 Å². The zero-order valence-electron chi connectivity index (χ0n) is 8.82. The average Bonchev–Trinajstić information content (AvgIpc) is 2.14. The van der Waals surface area contributed by atoms with E-state index in [4.69, 9.17) is 5.11 Å². The largest absolute Gasteiger partial charge is 0.478 e. The molecule has 0 heterocycles. The minimum Gasteiger partial charge on any atom is -0.478 e. The van der Waals surface area contributed by atoms with Gasteiger partial charge in [0.2, 0.25) is 0 Å². The molecule has 82 valence electrons. The summed E-state index contributed by atoms with van der Waals surface area (Å²) in [6.45, 7) is 3.62. The van der Waals surface area contributed by atoms with E-state index in [-0.39, 0.29) is 5.56 Å². The van der Waals surface area contributed by atoms with Crippen LogP contribution < -0.4 is 5.32 Å². The van der Waals surface area contributed by atoms with E-state index in [1.807, 2.05) is 0 Å². The van der Waals surface area contributed by atoms with Gasteiger partial charge in [-0.15, -0.1) is 0 Å². The van der Waals surface area contributed by atoms with Gasteiger partial charge in [-0.2, -0.15) is 0 Å². The Morgan fingerprint density at radius 1 is 1.40 bits per heavy atom. The molecule has 0 aliphatic carbocycles. The fourth-order valence-corrected chi connectivity index (χ4v) is 1.14. The Morgan fingerprint density at radius 3 is 2.53 bits per heavy atom. The summed E-state index contributed by atoms with van der Waals surface area (Å²) in [4.78, 5) is 10.8. The van der Waals surface area contributed by atoms with Crippen LogP contribution in [0.15, 0.2) is 24.3 Å². The molecular formula is C11H15NO3. The zero-order valence-corrected chi connectivity index (χ0v) is 8.82. The van der Waals surface area contributed by atoms with Crippen LogP contribution in [-0.4, -0.2) is 28.3 Å².